The van der Waals surface area contributed by atoms with E-state index in [0.717, 1.165) is 12.2 Å². The number of ether oxygens (including phenoxy) is 1. The first-order valence-corrected chi connectivity index (χ1v) is 5.56. The second-order valence-electron chi connectivity index (χ2n) is 3.80. The lowest BCUT2D eigenvalue weighted by atomic mass is 10.1. The minimum absolute atomic E-state index is 0.641. The Labute approximate surface area is 101 Å². The fourth-order valence-corrected chi connectivity index (χ4v) is 1.68. The van der Waals surface area contributed by atoms with E-state index in [4.69, 9.17) is 9.26 Å². The van der Waals surface area contributed by atoms with E-state index in [2.05, 4.69) is 22.6 Å². The van der Waals surface area contributed by atoms with Crippen LogP contribution >= 0.6 is 0 Å². The number of nitrogens with one attached hydrogen (secondary N) is 1. The van der Waals surface area contributed by atoms with Gasteiger partial charge in [-0.2, -0.15) is 0 Å². The molecule has 0 aliphatic carbocycles. The maximum atomic E-state index is 5.17. The minimum Gasteiger partial charge on any atom is -0.380 e. The molecule has 1 N–H and O–H groups in total. The zero-order valence-corrected chi connectivity index (χ0v) is 9.85. The molecular weight excluding hydrogens is 216 g/mol. The zero-order chi connectivity index (χ0) is 11.9. The normalized spacial score (nSPS) is 10.6. The predicted molar refractivity (Wildman–Crippen MR) is 64.2 cm³/mol. The van der Waals surface area contributed by atoms with Crippen molar-refractivity contribution in [1.29, 1.82) is 0 Å². The number of rotatable bonds is 6. The van der Waals surface area contributed by atoms with Gasteiger partial charge in [0, 0.05) is 26.3 Å². The minimum atomic E-state index is 0.641. The third kappa shape index (κ3) is 3.41. The van der Waals surface area contributed by atoms with Crippen LogP contribution in [0, 0.1) is 0 Å². The fourth-order valence-electron chi connectivity index (χ4n) is 1.68. The quantitative estimate of drug-likeness (QED) is 0.828. The summed E-state index contributed by atoms with van der Waals surface area (Å²) in [4.78, 5) is 0. The summed E-state index contributed by atoms with van der Waals surface area (Å²) in [7, 11) is 1.71. The molecule has 0 bridgehead atoms. The Bertz CT molecular complexity index is 440. The molecule has 0 aliphatic rings. The van der Waals surface area contributed by atoms with Gasteiger partial charge in [-0.15, -0.1) is 0 Å². The number of benzene rings is 1. The Morgan fingerprint density at radius 2 is 2.00 bits per heavy atom. The highest BCUT2D eigenvalue weighted by molar-refractivity contribution is 5.26. The lowest BCUT2D eigenvalue weighted by Gasteiger charge is -2.09. The van der Waals surface area contributed by atoms with E-state index in [0.29, 0.717) is 13.2 Å². The zero-order valence-electron chi connectivity index (χ0n) is 9.85. The number of hydrogen-bond acceptors (Lipinski definition) is 4. The van der Waals surface area contributed by atoms with Crippen LogP contribution in [0.5, 0.6) is 0 Å². The van der Waals surface area contributed by atoms with Crippen molar-refractivity contribution < 1.29 is 9.26 Å². The maximum Gasteiger partial charge on any atom is 0.124 e. The van der Waals surface area contributed by atoms with E-state index in [1.807, 2.05) is 18.2 Å². The molecule has 2 rings (SSSR count). The molecule has 4 heteroatoms. The summed E-state index contributed by atoms with van der Waals surface area (Å²) >= 11 is 0. The molecule has 0 saturated carbocycles. The molecule has 4 nitrogen and oxygen atoms in total. The Morgan fingerprint density at radius 3 is 2.71 bits per heavy atom. The van der Waals surface area contributed by atoms with E-state index in [9.17, 15) is 0 Å². The first kappa shape index (κ1) is 11.8. The smallest absolute Gasteiger partial charge is 0.124 e. The van der Waals surface area contributed by atoms with Crippen molar-refractivity contribution in [2.45, 2.75) is 19.7 Å². The first-order chi connectivity index (χ1) is 8.40. The van der Waals surface area contributed by atoms with E-state index in [-0.39, 0.29) is 0 Å². The summed E-state index contributed by atoms with van der Waals surface area (Å²) in [6, 6.07) is 10.1. The molecular formula is C13H16N2O2. The molecule has 0 fully saturated rings. The average molecular weight is 232 g/mol. The average Bonchev–Trinajstić information content (AvgIpc) is 2.85. The second kappa shape index (κ2) is 6.18. The summed E-state index contributed by atoms with van der Waals surface area (Å²) in [5, 5.41) is 7.17. The van der Waals surface area contributed by atoms with Crippen molar-refractivity contribution in [2.75, 3.05) is 7.11 Å². The van der Waals surface area contributed by atoms with Crippen molar-refractivity contribution in [2.24, 2.45) is 0 Å². The van der Waals surface area contributed by atoms with Crippen LogP contribution in [-0.2, 0) is 24.4 Å². The van der Waals surface area contributed by atoms with Gasteiger partial charge in [0.2, 0.25) is 0 Å². The monoisotopic (exact) mass is 232 g/mol. The summed E-state index contributed by atoms with van der Waals surface area (Å²) < 4.78 is 9.94. The largest absolute Gasteiger partial charge is 0.380 e. The molecule has 1 heterocycles. The highest BCUT2D eigenvalue weighted by Gasteiger charge is 2.01. The van der Waals surface area contributed by atoms with Crippen LogP contribution < -0.4 is 5.32 Å². The van der Waals surface area contributed by atoms with Gasteiger partial charge in [-0.25, -0.2) is 0 Å². The fraction of sp³-hybridized carbons (Fsp3) is 0.308. The summed E-state index contributed by atoms with van der Waals surface area (Å²) in [6.07, 6.45) is 1.58. The van der Waals surface area contributed by atoms with Crippen molar-refractivity contribution in [3.63, 3.8) is 0 Å². The van der Waals surface area contributed by atoms with Gasteiger partial charge in [0.1, 0.15) is 6.26 Å². The van der Waals surface area contributed by atoms with Crippen LogP contribution in [0.3, 0.4) is 0 Å². The molecule has 0 atom stereocenters. The molecule has 0 unspecified atom stereocenters. The molecule has 17 heavy (non-hydrogen) atoms. The van der Waals surface area contributed by atoms with Gasteiger partial charge in [0.25, 0.3) is 0 Å². The van der Waals surface area contributed by atoms with E-state index >= 15 is 0 Å². The molecule has 2 aromatic rings. The molecule has 0 amide bonds. The van der Waals surface area contributed by atoms with Crippen LogP contribution in [-0.4, -0.2) is 12.3 Å². The SMILES string of the molecule is COCc1ccccc1CNCc1ccon1. The third-order valence-electron chi connectivity index (χ3n) is 2.53. The molecule has 0 radical (unpaired) electrons. The van der Waals surface area contributed by atoms with Gasteiger partial charge in [-0.3, -0.25) is 0 Å². The third-order valence-corrected chi connectivity index (χ3v) is 2.53. The summed E-state index contributed by atoms with van der Waals surface area (Å²) in [6.45, 7) is 2.14. The van der Waals surface area contributed by atoms with Gasteiger partial charge in [0.05, 0.1) is 12.3 Å². The second-order valence-corrected chi connectivity index (χ2v) is 3.80. The Balaban J connectivity index is 1.89. The Kier molecular flexibility index (Phi) is 4.30. The van der Waals surface area contributed by atoms with Crippen molar-refractivity contribution >= 4 is 0 Å². The molecule has 1 aromatic carbocycles. The van der Waals surface area contributed by atoms with E-state index in [1.165, 1.54) is 11.1 Å². The van der Waals surface area contributed by atoms with E-state index < -0.39 is 0 Å². The highest BCUT2D eigenvalue weighted by atomic mass is 16.5. The van der Waals surface area contributed by atoms with E-state index in [1.54, 1.807) is 13.4 Å². The summed E-state index contributed by atoms with van der Waals surface area (Å²) in [5.74, 6) is 0. The number of nitrogens with zero attached hydrogens (tertiary/aromatic N) is 1. The van der Waals surface area contributed by atoms with Gasteiger partial charge in [0.15, 0.2) is 0 Å². The van der Waals surface area contributed by atoms with Crippen LogP contribution in [0.4, 0.5) is 0 Å². The Hall–Kier alpha value is -1.65. The topological polar surface area (TPSA) is 47.3 Å². The van der Waals surface area contributed by atoms with Crippen molar-refractivity contribution in [3.05, 3.63) is 53.4 Å². The van der Waals surface area contributed by atoms with Gasteiger partial charge in [-0.05, 0) is 11.1 Å². The van der Waals surface area contributed by atoms with Crippen LogP contribution in [0.15, 0.2) is 41.1 Å². The number of hydrogen-bond donors (Lipinski definition) is 1. The number of methoxy groups -OCH3 is 1. The highest BCUT2D eigenvalue weighted by Crippen LogP contribution is 2.09. The maximum absolute atomic E-state index is 5.17. The standard InChI is InChI=1S/C13H16N2O2/c1-16-10-12-5-3-2-4-11(12)8-14-9-13-6-7-17-15-13/h2-7,14H,8-10H2,1H3. The molecule has 0 spiro atoms. The molecule has 90 valence electrons. The lowest BCUT2D eigenvalue weighted by molar-refractivity contribution is 0.184. The summed E-state index contributed by atoms with van der Waals surface area (Å²) in [5.41, 5.74) is 3.37. The predicted octanol–water partition coefficient (Wildman–Crippen LogP) is 2.11. The van der Waals surface area contributed by atoms with Gasteiger partial charge in [-0.1, -0.05) is 29.4 Å². The van der Waals surface area contributed by atoms with Crippen LogP contribution in [0.2, 0.25) is 0 Å². The van der Waals surface area contributed by atoms with Gasteiger partial charge < -0.3 is 14.6 Å². The van der Waals surface area contributed by atoms with Crippen molar-refractivity contribution in [1.82, 2.24) is 10.5 Å². The molecule has 0 aliphatic heterocycles. The first-order valence-electron chi connectivity index (χ1n) is 5.56. The molecule has 1 aromatic heterocycles. The lowest BCUT2D eigenvalue weighted by Crippen LogP contribution is -2.14. The van der Waals surface area contributed by atoms with Gasteiger partial charge >= 0.3 is 0 Å². The van der Waals surface area contributed by atoms with Crippen LogP contribution in [0.25, 0.3) is 0 Å². The Morgan fingerprint density at radius 1 is 1.18 bits per heavy atom. The number of aromatic nitrogens is 1. The van der Waals surface area contributed by atoms with Crippen molar-refractivity contribution in [3.8, 4) is 0 Å². The molecule has 0 saturated heterocycles. The van der Waals surface area contributed by atoms with Crippen LogP contribution in [0.1, 0.15) is 16.8 Å².